The van der Waals surface area contributed by atoms with Crippen molar-refractivity contribution in [2.45, 2.75) is 28.5 Å². The zero-order chi connectivity index (χ0) is 20.6. The molecule has 2 aromatic carbocycles. The third-order valence-corrected chi connectivity index (χ3v) is 8.65. The van der Waals surface area contributed by atoms with E-state index >= 15 is 0 Å². The Labute approximate surface area is 161 Å². The van der Waals surface area contributed by atoms with Crippen molar-refractivity contribution in [1.29, 1.82) is 0 Å². The van der Waals surface area contributed by atoms with Gasteiger partial charge in [-0.1, -0.05) is 30.3 Å². The van der Waals surface area contributed by atoms with Crippen LogP contribution in [0.3, 0.4) is 0 Å². The lowest BCUT2D eigenvalue weighted by Crippen LogP contribution is -2.32. The van der Waals surface area contributed by atoms with Crippen molar-refractivity contribution < 1.29 is 30.0 Å². The van der Waals surface area contributed by atoms with Crippen molar-refractivity contribution in [3.8, 4) is 0 Å². The Kier molecular flexibility index (Phi) is 5.57. The highest BCUT2D eigenvalue weighted by molar-refractivity contribution is 7.92. The lowest BCUT2D eigenvalue weighted by atomic mass is 10.1. The average Bonchev–Trinajstić information content (AvgIpc) is 3.14. The minimum Gasteiger partial charge on any atom is -0.223 e. The van der Waals surface area contributed by atoms with Gasteiger partial charge in [0.2, 0.25) is 10.0 Å². The molecule has 1 fully saturated rings. The Hall–Kier alpha value is -1.91. The van der Waals surface area contributed by atoms with E-state index in [2.05, 4.69) is 0 Å². The molecule has 1 unspecified atom stereocenters. The van der Waals surface area contributed by atoms with Gasteiger partial charge in [0.25, 0.3) is 0 Å². The highest BCUT2D eigenvalue weighted by Crippen LogP contribution is 2.30. The zero-order valence-corrected chi connectivity index (χ0v) is 16.3. The summed E-state index contributed by atoms with van der Waals surface area (Å²) in [6, 6.07) is 11.7. The van der Waals surface area contributed by atoms with Crippen molar-refractivity contribution in [3.05, 3.63) is 65.7 Å². The van der Waals surface area contributed by atoms with Gasteiger partial charge in [-0.05, 0) is 36.2 Å². The number of rotatable bonds is 5. The molecule has 0 aromatic heterocycles. The number of nitrogens with zero attached hydrogens (tertiary/aromatic N) is 1. The molecule has 0 radical (unpaired) electrons. The molecule has 0 N–H and O–H groups in total. The van der Waals surface area contributed by atoms with Gasteiger partial charge in [-0.3, -0.25) is 0 Å². The summed E-state index contributed by atoms with van der Waals surface area (Å²) in [4.78, 5) is 0.141. The fraction of sp³-hybridized carbons (Fsp3) is 0.333. The van der Waals surface area contributed by atoms with Crippen LogP contribution in [0.25, 0.3) is 0 Å². The van der Waals surface area contributed by atoms with Gasteiger partial charge < -0.3 is 0 Å². The average molecular weight is 433 g/mol. The van der Waals surface area contributed by atoms with Gasteiger partial charge in [0, 0.05) is 13.1 Å². The molecule has 0 aliphatic carbocycles. The van der Waals surface area contributed by atoms with Crippen LogP contribution >= 0.6 is 0 Å². The normalized spacial score (nSPS) is 19.0. The number of sulfonamides is 1. The van der Waals surface area contributed by atoms with E-state index in [-0.39, 0.29) is 30.0 Å². The molecule has 0 saturated carbocycles. The number of benzene rings is 2. The van der Waals surface area contributed by atoms with E-state index in [9.17, 15) is 30.0 Å². The second-order valence-electron chi connectivity index (χ2n) is 6.58. The van der Waals surface area contributed by atoms with Crippen molar-refractivity contribution in [2.75, 3.05) is 13.1 Å². The molecule has 1 heterocycles. The molecule has 28 heavy (non-hydrogen) atoms. The van der Waals surface area contributed by atoms with Crippen LogP contribution in [0, 0.1) is 0 Å². The number of alkyl halides is 3. The molecule has 3 rings (SSSR count). The van der Waals surface area contributed by atoms with Crippen molar-refractivity contribution in [2.24, 2.45) is 0 Å². The fourth-order valence-electron chi connectivity index (χ4n) is 3.10. The van der Waals surface area contributed by atoms with Crippen molar-refractivity contribution in [3.63, 3.8) is 0 Å². The number of sulfone groups is 1. The molecule has 1 saturated heterocycles. The first kappa shape index (κ1) is 20.8. The first-order chi connectivity index (χ1) is 13.0. The fourth-order valence-corrected chi connectivity index (χ4v) is 6.49. The summed E-state index contributed by atoms with van der Waals surface area (Å²) in [6.07, 6.45) is -4.32. The molecule has 1 aliphatic heterocycles. The summed E-state index contributed by atoms with van der Waals surface area (Å²) in [5.74, 6) is -0.483. The number of hydrogen-bond donors (Lipinski definition) is 0. The molecule has 10 heteroatoms. The van der Waals surface area contributed by atoms with Crippen LogP contribution in [0.5, 0.6) is 0 Å². The SMILES string of the molecule is O=S(=O)(c1ccccc1)C1CCN(S(=O)(=O)Cc2ccc(C(F)(F)F)cc2)C1. The van der Waals surface area contributed by atoms with Gasteiger partial charge in [-0.2, -0.15) is 13.2 Å². The van der Waals surface area contributed by atoms with Crippen LogP contribution in [0.1, 0.15) is 17.5 Å². The van der Waals surface area contributed by atoms with Crippen LogP contribution in [-0.2, 0) is 31.8 Å². The third kappa shape index (κ3) is 4.39. The molecule has 0 spiro atoms. The summed E-state index contributed by atoms with van der Waals surface area (Å²) in [7, 11) is -7.51. The highest BCUT2D eigenvalue weighted by Gasteiger charge is 2.39. The maximum absolute atomic E-state index is 12.7. The number of hydrogen-bond acceptors (Lipinski definition) is 4. The topological polar surface area (TPSA) is 71.5 Å². The lowest BCUT2D eigenvalue weighted by molar-refractivity contribution is -0.137. The summed E-state index contributed by atoms with van der Waals surface area (Å²) in [5.41, 5.74) is -0.647. The minimum atomic E-state index is -4.49. The Morgan fingerprint density at radius 3 is 2.11 bits per heavy atom. The minimum absolute atomic E-state index is 0.0553. The maximum Gasteiger partial charge on any atom is 0.416 e. The molecule has 5 nitrogen and oxygen atoms in total. The Morgan fingerprint density at radius 1 is 0.929 bits per heavy atom. The van der Waals surface area contributed by atoms with Crippen LogP contribution in [-0.4, -0.2) is 39.5 Å². The summed E-state index contributed by atoms with van der Waals surface area (Å²) < 4.78 is 89.5. The zero-order valence-electron chi connectivity index (χ0n) is 14.6. The van der Waals surface area contributed by atoms with Crippen molar-refractivity contribution in [1.82, 2.24) is 4.31 Å². The first-order valence-electron chi connectivity index (χ1n) is 8.43. The van der Waals surface area contributed by atoms with Gasteiger partial charge in [-0.25, -0.2) is 21.1 Å². The van der Waals surface area contributed by atoms with Crippen LogP contribution in [0.15, 0.2) is 59.5 Å². The van der Waals surface area contributed by atoms with E-state index in [1.54, 1.807) is 18.2 Å². The quantitative estimate of drug-likeness (QED) is 0.727. The summed E-state index contributed by atoms with van der Waals surface area (Å²) in [6.45, 7) is -0.111. The van der Waals surface area contributed by atoms with E-state index in [0.717, 1.165) is 28.6 Å². The van der Waals surface area contributed by atoms with Gasteiger partial charge in [0.1, 0.15) is 0 Å². The molecule has 1 aliphatic rings. The maximum atomic E-state index is 12.7. The molecular formula is C18H18F3NO4S2. The Morgan fingerprint density at radius 2 is 1.54 bits per heavy atom. The second kappa shape index (κ2) is 7.49. The monoisotopic (exact) mass is 433 g/mol. The molecule has 1 atom stereocenters. The van der Waals surface area contributed by atoms with Gasteiger partial charge >= 0.3 is 6.18 Å². The molecule has 152 valence electrons. The van der Waals surface area contributed by atoms with Crippen LogP contribution < -0.4 is 0 Å². The molecular weight excluding hydrogens is 415 g/mol. The second-order valence-corrected chi connectivity index (χ2v) is 10.8. The van der Waals surface area contributed by atoms with Gasteiger partial charge in [-0.15, -0.1) is 0 Å². The van der Waals surface area contributed by atoms with Crippen LogP contribution in [0.2, 0.25) is 0 Å². The predicted molar refractivity (Wildman–Crippen MR) is 97.7 cm³/mol. The molecule has 0 bridgehead atoms. The standard InChI is InChI=1S/C18H18F3NO4S2/c19-18(20,21)15-8-6-14(7-9-15)13-27(23,24)22-11-10-17(12-22)28(25,26)16-4-2-1-3-5-16/h1-9,17H,10-13H2. The largest absolute Gasteiger partial charge is 0.416 e. The number of halogens is 3. The third-order valence-electron chi connectivity index (χ3n) is 4.64. The van der Waals surface area contributed by atoms with E-state index in [1.807, 2.05) is 0 Å². The van der Waals surface area contributed by atoms with Crippen molar-refractivity contribution >= 4 is 19.9 Å². The van der Waals surface area contributed by atoms with E-state index in [0.29, 0.717) is 0 Å². The van der Waals surface area contributed by atoms with Gasteiger partial charge in [0.05, 0.1) is 21.5 Å². The lowest BCUT2D eigenvalue weighted by Gasteiger charge is -2.17. The predicted octanol–water partition coefficient (Wildman–Crippen LogP) is 3.08. The smallest absolute Gasteiger partial charge is 0.223 e. The Bertz CT molecular complexity index is 1030. The van der Waals surface area contributed by atoms with Crippen LogP contribution in [0.4, 0.5) is 13.2 Å². The molecule has 0 amide bonds. The van der Waals surface area contributed by atoms with E-state index in [4.69, 9.17) is 0 Å². The summed E-state index contributed by atoms with van der Waals surface area (Å²) >= 11 is 0. The molecule has 2 aromatic rings. The first-order valence-corrected chi connectivity index (χ1v) is 11.6. The van der Waals surface area contributed by atoms with Gasteiger partial charge in [0.15, 0.2) is 9.84 Å². The summed E-state index contributed by atoms with van der Waals surface area (Å²) in [5, 5.41) is -0.850. The Balaban J connectivity index is 1.72. The highest BCUT2D eigenvalue weighted by atomic mass is 32.2. The van der Waals surface area contributed by atoms with E-state index in [1.165, 1.54) is 12.1 Å². The van der Waals surface area contributed by atoms with E-state index < -0.39 is 42.6 Å².